The molecule has 2 N–H and O–H groups in total. The summed E-state index contributed by atoms with van der Waals surface area (Å²) in [7, 11) is -3.87. The van der Waals surface area contributed by atoms with Crippen LogP contribution >= 0.6 is 0 Å². The smallest absolute Gasteiger partial charge is 0.251 e. The summed E-state index contributed by atoms with van der Waals surface area (Å²) in [5.74, 6) is -0.499. The Hall–Kier alpha value is -2.19. The van der Waals surface area contributed by atoms with Crippen molar-refractivity contribution in [2.75, 3.05) is 0 Å². The number of nitrogens with one attached hydrogen (secondary N) is 2. The van der Waals surface area contributed by atoms with Gasteiger partial charge in [-0.15, -0.1) is 0 Å². The predicted molar refractivity (Wildman–Crippen MR) is 125 cm³/mol. The van der Waals surface area contributed by atoms with Gasteiger partial charge in [0.25, 0.3) is 5.91 Å². The zero-order valence-electron chi connectivity index (χ0n) is 19.5. The Morgan fingerprint density at radius 2 is 1.62 bits per heavy atom. The molecule has 0 radical (unpaired) electrons. The van der Waals surface area contributed by atoms with E-state index in [4.69, 9.17) is 0 Å². The van der Waals surface area contributed by atoms with Gasteiger partial charge in [0.15, 0.2) is 0 Å². The normalized spacial score (nSPS) is 23.4. The Balaban J connectivity index is 1.82. The van der Waals surface area contributed by atoms with Crippen LogP contribution in [0.15, 0.2) is 41.8 Å². The van der Waals surface area contributed by atoms with Gasteiger partial charge < -0.3 is 10.6 Å². The van der Waals surface area contributed by atoms with Gasteiger partial charge in [-0.3, -0.25) is 9.59 Å². The highest BCUT2D eigenvalue weighted by Crippen LogP contribution is 2.44. The highest BCUT2D eigenvalue weighted by molar-refractivity contribution is 7.89. The Kier molecular flexibility index (Phi) is 6.86. The van der Waals surface area contributed by atoms with Gasteiger partial charge in [-0.05, 0) is 77.3 Å². The van der Waals surface area contributed by atoms with E-state index in [1.807, 2.05) is 27.7 Å². The monoisotopic (exact) mass is 461 g/mol. The van der Waals surface area contributed by atoms with E-state index in [0.717, 1.165) is 25.7 Å². The third-order valence-corrected chi connectivity index (χ3v) is 9.04. The van der Waals surface area contributed by atoms with E-state index in [-0.39, 0.29) is 28.8 Å². The number of benzene rings is 1. The predicted octanol–water partition coefficient (Wildman–Crippen LogP) is 3.37. The van der Waals surface area contributed by atoms with Crippen molar-refractivity contribution >= 4 is 21.8 Å². The molecule has 3 rings (SSSR count). The number of amides is 2. The Morgan fingerprint density at radius 1 is 1.03 bits per heavy atom. The summed E-state index contributed by atoms with van der Waals surface area (Å²) < 4.78 is 28.8. The van der Waals surface area contributed by atoms with Gasteiger partial charge >= 0.3 is 0 Å². The topological polar surface area (TPSA) is 95.6 Å². The van der Waals surface area contributed by atoms with Crippen molar-refractivity contribution in [3.05, 3.63) is 42.5 Å². The van der Waals surface area contributed by atoms with Crippen molar-refractivity contribution in [1.82, 2.24) is 14.9 Å². The molecule has 1 unspecified atom stereocenters. The van der Waals surface area contributed by atoms with Crippen molar-refractivity contribution in [2.24, 2.45) is 0 Å². The summed E-state index contributed by atoms with van der Waals surface area (Å²) in [6.45, 7) is 10.8. The molecule has 1 aliphatic carbocycles. The summed E-state index contributed by atoms with van der Waals surface area (Å²) in [6, 6.07) is 5.95. The quantitative estimate of drug-likeness (QED) is 0.635. The summed E-state index contributed by atoms with van der Waals surface area (Å²) >= 11 is 0. The minimum Gasteiger partial charge on any atom is -0.349 e. The highest BCUT2D eigenvalue weighted by Gasteiger charge is 2.57. The molecule has 1 saturated heterocycles. The molecular weight excluding hydrogens is 426 g/mol. The van der Waals surface area contributed by atoms with Crippen molar-refractivity contribution in [2.45, 2.75) is 94.3 Å². The van der Waals surface area contributed by atoms with Gasteiger partial charge in [-0.2, -0.15) is 4.31 Å². The number of hydrogen-bond donors (Lipinski definition) is 2. The molecule has 1 aliphatic heterocycles. The molecule has 1 aromatic rings. The highest BCUT2D eigenvalue weighted by atomic mass is 32.2. The van der Waals surface area contributed by atoms with Crippen LogP contribution in [0.3, 0.4) is 0 Å². The first kappa shape index (κ1) is 24.5. The fourth-order valence-corrected chi connectivity index (χ4v) is 7.41. The van der Waals surface area contributed by atoms with E-state index >= 15 is 0 Å². The number of hydrogen-bond acceptors (Lipinski definition) is 4. The number of nitrogens with zero attached hydrogens (tertiary/aromatic N) is 1. The zero-order valence-corrected chi connectivity index (χ0v) is 20.3. The Labute approximate surface area is 191 Å². The fourth-order valence-electron chi connectivity index (χ4n) is 5.25. The van der Waals surface area contributed by atoms with Crippen LogP contribution in [0.2, 0.25) is 0 Å². The molecular formula is C24H35N3O4S. The minimum absolute atomic E-state index is 0.128. The molecule has 1 saturated carbocycles. The molecule has 0 aromatic heterocycles. The average Bonchev–Trinajstić information content (AvgIpc) is 2.92. The maximum Gasteiger partial charge on any atom is 0.251 e. The number of sulfonamides is 1. The van der Waals surface area contributed by atoms with Crippen molar-refractivity contribution in [3.8, 4) is 0 Å². The van der Waals surface area contributed by atoms with Crippen molar-refractivity contribution < 1.29 is 18.0 Å². The molecule has 8 heteroatoms. The lowest BCUT2D eigenvalue weighted by Gasteiger charge is -2.40. The molecule has 32 heavy (non-hydrogen) atoms. The second-order valence-corrected chi connectivity index (χ2v) is 11.8. The van der Waals surface area contributed by atoms with Gasteiger partial charge in [0, 0.05) is 23.2 Å². The van der Waals surface area contributed by atoms with Gasteiger partial charge in [0.05, 0.1) is 10.4 Å². The lowest BCUT2D eigenvalue weighted by Crippen LogP contribution is -2.56. The first-order valence-corrected chi connectivity index (χ1v) is 12.7. The molecule has 0 spiro atoms. The molecule has 2 fully saturated rings. The molecule has 0 bridgehead atoms. The minimum atomic E-state index is -3.87. The maximum absolute atomic E-state index is 13.7. The molecule has 7 nitrogen and oxygen atoms in total. The fraction of sp³-hybridized carbons (Fsp3) is 0.583. The number of carbonyl (C=O) groups is 2. The SMILES string of the molecule is C=CC(=O)NC1CC(C)(C)N(S(=O)(=O)c2ccc(C(=O)NC3CCCCC3)cc2)C1(C)C. The van der Waals surface area contributed by atoms with Crippen LogP contribution in [0.4, 0.5) is 0 Å². The summed E-state index contributed by atoms with van der Waals surface area (Å²) in [5, 5.41) is 5.93. The van der Waals surface area contributed by atoms with Crippen LogP contribution in [0.5, 0.6) is 0 Å². The molecule has 2 aliphatic rings. The van der Waals surface area contributed by atoms with Crippen LogP contribution in [0.25, 0.3) is 0 Å². The van der Waals surface area contributed by atoms with Crippen molar-refractivity contribution in [1.29, 1.82) is 0 Å². The van der Waals surface area contributed by atoms with E-state index < -0.39 is 21.1 Å². The van der Waals surface area contributed by atoms with Crippen LogP contribution < -0.4 is 10.6 Å². The first-order chi connectivity index (χ1) is 14.9. The van der Waals surface area contributed by atoms with Crippen LogP contribution in [-0.4, -0.2) is 47.7 Å². The average molecular weight is 462 g/mol. The Bertz CT molecular complexity index is 977. The summed E-state index contributed by atoms with van der Waals surface area (Å²) in [5.41, 5.74) is -1.11. The van der Waals surface area contributed by atoms with Gasteiger partial charge in [-0.1, -0.05) is 25.8 Å². The van der Waals surface area contributed by atoms with Gasteiger partial charge in [0.1, 0.15) is 0 Å². The van der Waals surface area contributed by atoms with E-state index in [1.165, 1.54) is 28.9 Å². The molecule has 1 atom stereocenters. The number of rotatable bonds is 6. The lowest BCUT2D eigenvalue weighted by atomic mass is 9.94. The van der Waals surface area contributed by atoms with E-state index in [1.54, 1.807) is 12.1 Å². The van der Waals surface area contributed by atoms with E-state index in [0.29, 0.717) is 12.0 Å². The first-order valence-electron chi connectivity index (χ1n) is 11.3. The maximum atomic E-state index is 13.7. The second-order valence-electron chi connectivity index (χ2n) is 10.0. The third kappa shape index (κ3) is 4.76. The van der Waals surface area contributed by atoms with Crippen LogP contribution in [-0.2, 0) is 14.8 Å². The molecule has 2 amide bonds. The standard InChI is InChI=1S/C24H35N3O4S/c1-6-21(28)26-20-16-23(2,3)27(24(20,4)5)32(30,31)19-14-12-17(13-15-19)22(29)25-18-10-8-7-9-11-18/h6,12-15,18,20H,1,7-11,16H2,2-5H3,(H,25,29)(H,26,28). The van der Waals surface area contributed by atoms with E-state index in [2.05, 4.69) is 17.2 Å². The number of carbonyl (C=O) groups excluding carboxylic acids is 2. The molecule has 1 aromatic carbocycles. The molecule has 176 valence electrons. The second kappa shape index (κ2) is 8.98. The van der Waals surface area contributed by atoms with Gasteiger partial charge in [-0.25, -0.2) is 8.42 Å². The summed E-state index contributed by atoms with van der Waals surface area (Å²) in [6.07, 6.45) is 7.09. The van der Waals surface area contributed by atoms with Crippen LogP contribution in [0.1, 0.15) is 76.6 Å². The third-order valence-electron chi connectivity index (χ3n) is 6.73. The largest absolute Gasteiger partial charge is 0.349 e. The lowest BCUT2D eigenvalue weighted by molar-refractivity contribution is -0.117. The van der Waals surface area contributed by atoms with Crippen LogP contribution in [0, 0.1) is 0 Å². The Morgan fingerprint density at radius 3 is 2.19 bits per heavy atom. The van der Waals surface area contributed by atoms with Gasteiger partial charge in [0.2, 0.25) is 15.9 Å². The van der Waals surface area contributed by atoms with Crippen molar-refractivity contribution in [3.63, 3.8) is 0 Å². The zero-order chi connectivity index (χ0) is 23.7. The van der Waals surface area contributed by atoms with E-state index in [9.17, 15) is 18.0 Å². The summed E-state index contributed by atoms with van der Waals surface area (Å²) in [4.78, 5) is 24.6. The molecule has 1 heterocycles.